The third kappa shape index (κ3) is 3.63. The van der Waals surface area contributed by atoms with Crippen molar-refractivity contribution in [1.29, 1.82) is 0 Å². The van der Waals surface area contributed by atoms with Crippen LogP contribution in [0, 0.1) is 23.2 Å². The molecule has 0 aromatic carbocycles. The van der Waals surface area contributed by atoms with Gasteiger partial charge in [0.1, 0.15) is 13.2 Å². The monoisotopic (exact) mass is 350 g/mol. The fraction of sp³-hybridized carbons (Fsp3) is 0.955. The molecule has 4 fully saturated rings. The second-order valence-corrected chi connectivity index (χ2v) is 9.57. The minimum absolute atomic E-state index is 0.0995. The Labute approximate surface area is 155 Å². The van der Waals surface area contributed by atoms with Gasteiger partial charge in [-0.2, -0.15) is 0 Å². The van der Waals surface area contributed by atoms with Crippen LogP contribution < -0.4 is 0 Å². The van der Waals surface area contributed by atoms with Crippen molar-refractivity contribution in [3.05, 3.63) is 0 Å². The molecule has 0 amide bonds. The lowest BCUT2D eigenvalue weighted by Gasteiger charge is -2.55. The SMILES string of the molecule is CCC[N+](CC)(CCOC(=O)C12CC3CC(CC(C3)C1)C2)C(C)CC. The number of carbonyl (C=O) groups excluding carboxylic acids is 1. The Morgan fingerprint density at radius 3 is 2.04 bits per heavy atom. The zero-order valence-electron chi connectivity index (χ0n) is 17.1. The zero-order chi connectivity index (χ0) is 18.1. The van der Waals surface area contributed by atoms with Crippen molar-refractivity contribution < 1.29 is 14.0 Å². The maximum atomic E-state index is 13.0. The third-order valence-corrected chi connectivity index (χ3v) is 8.07. The van der Waals surface area contributed by atoms with Crippen molar-refractivity contribution in [2.75, 3.05) is 26.2 Å². The second-order valence-electron chi connectivity index (χ2n) is 9.57. The minimum atomic E-state index is -0.0995. The average molecular weight is 351 g/mol. The molecule has 4 rings (SSSR count). The molecule has 4 bridgehead atoms. The summed E-state index contributed by atoms with van der Waals surface area (Å²) >= 11 is 0. The first-order chi connectivity index (χ1) is 12.0. The van der Waals surface area contributed by atoms with E-state index in [9.17, 15) is 4.79 Å². The molecule has 0 saturated heterocycles. The first-order valence-corrected chi connectivity index (χ1v) is 11.0. The van der Waals surface area contributed by atoms with Gasteiger partial charge in [-0.3, -0.25) is 4.79 Å². The summed E-state index contributed by atoms with van der Waals surface area (Å²) in [5, 5.41) is 0. The van der Waals surface area contributed by atoms with E-state index >= 15 is 0 Å². The van der Waals surface area contributed by atoms with Crippen LogP contribution in [0.2, 0.25) is 0 Å². The van der Waals surface area contributed by atoms with Crippen molar-refractivity contribution in [3.8, 4) is 0 Å². The van der Waals surface area contributed by atoms with E-state index in [1.54, 1.807) is 0 Å². The topological polar surface area (TPSA) is 26.3 Å². The van der Waals surface area contributed by atoms with Gasteiger partial charge in [-0.25, -0.2) is 0 Å². The minimum Gasteiger partial charge on any atom is -0.459 e. The highest BCUT2D eigenvalue weighted by molar-refractivity contribution is 5.77. The molecule has 0 aromatic rings. The van der Waals surface area contributed by atoms with Crippen molar-refractivity contribution in [1.82, 2.24) is 0 Å². The Morgan fingerprint density at radius 2 is 1.60 bits per heavy atom. The van der Waals surface area contributed by atoms with Gasteiger partial charge in [0.15, 0.2) is 0 Å². The summed E-state index contributed by atoms with van der Waals surface area (Å²) in [7, 11) is 0. The summed E-state index contributed by atoms with van der Waals surface area (Å²) in [6.07, 6.45) is 9.88. The van der Waals surface area contributed by atoms with Crippen LogP contribution in [0.4, 0.5) is 0 Å². The number of hydrogen-bond acceptors (Lipinski definition) is 2. The van der Waals surface area contributed by atoms with E-state index in [0.717, 1.165) is 54.6 Å². The van der Waals surface area contributed by atoms with E-state index in [4.69, 9.17) is 4.74 Å². The van der Waals surface area contributed by atoms with E-state index in [2.05, 4.69) is 27.7 Å². The summed E-state index contributed by atoms with van der Waals surface area (Å²) in [5.74, 6) is 2.58. The molecule has 4 saturated carbocycles. The molecular formula is C22H40NO2+. The van der Waals surface area contributed by atoms with Crippen LogP contribution in [-0.4, -0.2) is 42.7 Å². The first-order valence-electron chi connectivity index (χ1n) is 11.0. The van der Waals surface area contributed by atoms with Crippen LogP contribution >= 0.6 is 0 Å². The Balaban J connectivity index is 1.58. The number of likely N-dealkylation sites (N-methyl/N-ethyl adjacent to an activating group) is 1. The number of hydrogen-bond donors (Lipinski definition) is 0. The highest BCUT2D eigenvalue weighted by Gasteiger charge is 2.55. The number of carbonyl (C=O) groups is 1. The van der Waals surface area contributed by atoms with Gasteiger partial charge in [-0.1, -0.05) is 13.8 Å². The molecule has 4 aliphatic carbocycles. The predicted octanol–water partition coefficient (Wildman–Crippen LogP) is 4.79. The Bertz CT molecular complexity index is 439. The molecule has 0 spiro atoms. The number of nitrogens with zero attached hydrogens (tertiary/aromatic N) is 1. The van der Waals surface area contributed by atoms with E-state index in [1.807, 2.05) is 0 Å². The molecule has 3 heteroatoms. The van der Waals surface area contributed by atoms with Gasteiger partial charge in [0.25, 0.3) is 0 Å². The molecule has 0 radical (unpaired) electrons. The molecule has 0 heterocycles. The molecule has 2 unspecified atom stereocenters. The van der Waals surface area contributed by atoms with Gasteiger partial charge in [0.05, 0.1) is 24.5 Å². The number of esters is 1. The van der Waals surface area contributed by atoms with E-state index in [0.29, 0.717) is 12.6 Å². The van der Waals surface area contributed by atoms with Crippen LogP contribution in [0.1, 0.15) is 79.1 Å². The van der Waals surface area contributed by atoms with Gasteiger partial charge in [-0.15, -0.1) is 0 Å². The summed E-state index contributed by atoms with van der Waals surface area (Å²) in [6.45, 7) is 13.1. The molecule has 25 heavy (non-hydrogen) atoms. The van der Waals surface area contributed by atoms with Crippen LogP contribution in [0.5, 0.6) is 0 Å². The molecule has 0 N–H and O–H groups in total. The Hall–Kier alpha value is -0.570. The van der Waals surface area contributed by atoms with Crippen molar-refractivity contribution >= 4 is 5.97 Å². The molecule has 144 valence electrons. The first kappa shape index (κ1) is 19.2. The molecule has 0 aliphatic heterocycles. The summed E-state index contributed by atoms with van der Waals surface area (Å²) in [6, 6.07) is 0.642. The van der Waals surface area contributed by atoms with Crippen molar-refractivity contribution in [2.24, 2.45) is 23.2 Å². The zero-order valence-corrected chi connectivity index (χ0v) is 17.1. The van der Waals surface area contributed by atoms with Gasteiger partial charge < -0.3 is 9.22 Å². The van der Waals surface area contributed by atoms with Gasteiger partial charge in [0.2, 0.25) is 0 Å². The van der Waals surface area contributed by atoms with Gasteiger partial charge in [0, 0.05) is 0 Å². The lowest BCUT2D eigenvalue weighted by Crippen LogP contribution is -2.56. The lowest BCUT2D eigenvalue weighted by molar-refractivity contribution is -0.948. The Kier molecular flexibility index (Phi) is 5.82. The standard InChI is InChI=1S/C22H40NO2/c1-5-8-23(7-3,17(4)6-2)9-10-25-21(24)22-14-18-11-19(15-22)13-20(12-18)16-22/h17-20H,5-16H2,1-4H3/q+1. The summed E-state index contributed by atoms with van der Waals surface area (Å²) < 4.78 is 7.07. The normalized spacial score (nSPS) is 36.9. The van der Waals surface area contributed by atoms with Gasteiger partial charge >= 0.3 is 5.97 Å². The maximum absolute atomic E-state index is 13.0. The van der Waals surface area contributed by atoms with E-state index in [-0.39, 0.29) is 11.4 Å². The fourth-order valence-electron chi connectivity index (χ4n) is 6.85. The molecule has 3 nitrogen and oxygen atoms in total. The van der Waals surface area contributed by atoms with Gasteiger partial charge in [-0.05, 0) is 83.0 Å². The largest absolute Gasteiger partial charge is 0.459 e. The molecule has 0 aromatic heterocycles. The van der Waals surface area contributed by atoms with Crippen LogP contribution in [0.25, 0.3) is 0 Å². The third-order valence-electron chi connectivity index (χ3n) is 8.07. The predicted molar refractivity (Wildman–Crippen MR) is 102 cm³/mol. The maximum Gasteiger partial charge on any atom is 0.312 e. The van der Waals surface area contributed by atoms with Crippen molar-refractivity contribution in [2.45, 2.75) is 85.1 Å². The summed E-state index contributed by atoms with van der Waals surface area (Å²) in [4.78, 5) is 13.0. The average Bonchev–Trinajstić information content (AvgIpc) is 2.59. The highest BCUT2D eigenvalue weighted by atomic mass is 16.5. The van der Waals surface area contributed by atoms with Crippen molar-refractivity contribution in [3.63, 3.8) is 0 Å². The Morgan fingerprint density at radius 1 is 1.04 bits per heavy atom. The van der Waals surface area contributed by atoms with E-state index < -0.39 is 0 Å². The van der Waals surface area contributed by atoms with Crippen LogP contribution in [-0.2, 0) is 9.53 Å². The summed E-state index contributed by atoms with van der Waals surface area (Å²) in [5.41, 5.74) is -0.0995. The number of ether oxygens (including phenoxy) is 1. The number of quaternary nitrogens is 1. The highest BCUT2D eigenvalue weighted by Crippen LogP contribution is 2.60. The smallest absolute Gasteiger partial charge is 0.312 e. The molecule has 4 aliphatic rings. The molecule has 2 atom stereocenters. The van der Waals surface area contributed by atoms with Crippen LogP contribution in [0.15, 0.2) is 0 Å². The molecular weight excluding hydrogens is 310 g/mol. The van der Waals surface area contributed by atoms with Crippen LogP contribution in [0.3, 0.4) is 0 Å². The lowest BCUT2D eigenvalue weighted by atomic mass is 9.49. The second kappa shape index (κ2) is 7.58. The number of rotatable bonds is 9. The fourth-order valence-corrected chi connectivity index (χ4v) is 6.85. The quantitative estimate of drug-likeness (QED) is 0.441. The van der Waals surface area contributed by atoms with E-state index in [1.165, 1.54) is 38.6 Å².